The predicted octanol–water partition coefficient (Wildman–Crippen LogP) is 2.90. The summed E-state index contributed by atoms with van der Waals surface area (Å²) < 4.78 is 5.94. The normalized spacial score (nSPS) is 18.9. The standard InChI is InChI=1S/C16H24N2O2/c1-13(2)11-17-16(19)18-10-6-9-15(12-18)20-14-7-4-3-5-8-14/h3-5,7-8,13,15H,6,9-12H2,1-2H3,(H,17,19). The molecule has 2 amide bonds. The van der Waals surface area contributed by atoms with Gasteiger partial charge < -0.3 is 15.0 Å². The third-order valence-corrected chi connectivity index (χ3v) is 3.37. The lowest BCUT2D eigenvalue weighted by atomic mass is 10.1. The van der Waals surface area contributed by atoms with Gasteiger partial charge in [-0.1, -0.05) is 32.0 Å². The van der Waals surface area contributed by atoms with Crippen molar-refractivity contribution in [3.63, 3.8) is 0 Å². The van der Waals surface area contributed by atoms with Crippen molar-refractivity contribution >= 4 is 6.03 Å². The number of hydrogen-bond acceptors (Lipinski definition) is 2. The summed E-state index contributed by atoms with van der Waals surface area (Å²) in [5.74, 6) is 1.35. The van der Waals surface area contributed by atoms with Gasteiger partial charge in [0.15, 0.2) is 0 Å². The van der Waals surface area contributed by atoms with Crippen LogP contribution in [-0.4, -0.2) is 36.7 Å². The Morgan fingerprint density at radius 3 is 2.85 bits per heavy atom. The minimum absolute atomic E-state index is 0.0278. The van der Waals surface area contributed by atoms with E-state index in [1.54, 1.807) is 0 Å². The van der Waals surface area contributed by atoms with Crippen molar-refractivity contribution in [3.8, 4) is 5.75 Å². The summed E-state index contributed by atoms with van der Waals surface area (Å²) in [6, 6.07) is 9.84. The van der Waals surface area contributed by atoms with Gasteiger partial charge in [0, 0.05) is 13.1 Å². The Kier molecular flexibility index (Phi) is 5.27. The van der Waals surface area contributed by atoms with Gasteiger partial charge in [-0.15, -0.1) is 0 Å². The second-order valence-corrected chi connectivity index (χ2v) is 5.72. The number of nitrogens with zero attached hydrogens (tertiary/aromatic N) is 1. The first-order valence-corrected chi connectivity index (χ1v) is 7.39. The molecule has 1 aliphatic rings. The zero-order valence-corrected chi connectivity index (χ0v) is 12.3. The van der Waals surface area contributed by atoms with Crippen LogP contribution >= 0.6 is 0 Å². The summed E-state index contributed by atoms with van der Waals surface area (Å²) in [7, 11) is 0. The molecule has 110 valence electrons. The largest absolute Gasteiger partial charge is 0.489 e. The zero-order valence-electron chi connectivity index (χ0n) is 12.3. The molecular formula is C16H24N2O2. The molecule has 1 N–H and O–H groups in total. The van der Waals surface area contributed by atoms with Gasteiger partial charge in [-0.3, -0.25) is 0 Å². The quantitative estimate of drug-likeness (QED) is 0.918. The molecule has 1 atom stereocenters. The van der Waals surface area contributed by atoms with Crippen molar-refractivity contribution in [2.24, 2.45) is 5.92 Å². The molecule has 0 bridgehead atoms. The zero-order chi connectivity index (χ0) is 14.4. The number of hydrogen-bond donors (Lipinski definition) is 1. The highest BCUT2D eigenvalue weighted by molar-refractivity contribution is 5.74. The van der Waals surface area contributed by atoms with E-state index in [1.165, 1.54) is 0 Å². The van der Waals surface area contributed by atoms with Crippen LogP contribution in [0.5, 0.6) is 5.75 Å². The van der Waals surface area contributed by atoms with Crippen LogP contribution in [0, 0.1) is 5.92 Å². The van der Waals surface area contributed by atoms with Crippen LogP contribution < -0.4 is 10.1 Å². The Labute approximate surface area is 121 Å². The summed E-state index contributed by atoms with van der Waals surface area (Å²) in [6.45, 7) is 6.40. The van der Waals surface area contributed by atoms with Crippen LogP contribution in [0.2, 0.25) is 0 Å². The van der Waals surface area contributed by atoms with Crippen molar-refractivity contribution in [1.29, 1.82) is 0 Å². The number of amides is 2. The maximum atomic E-state index is 12.1. The molecule has 1 aromatic carbocycles. The van der Waals surface area contributed by atoms with Gasteiger partial charge in [-0.25, -0.2) is 4.79 Å². The number of piperidine rings is 1. The molecular weight excluding hydrogens is 252 g/mol. The summed E-state index contributed by atoms with van der Waals surface area (Å²) in [5, 5.41) is 2.97. The number of nitrogens with one attached hydrogen (secondary N) is 1. The van der Waals surface area contributed by atoms with Gasteiger partial charge in [0.1, 0.15) is 11.9 Å². The number of para-hydroxylation sites is 1. The molecule has 2 rings (SSSR count). The van der Waals surface area contributed by atoms with E-state index in [2.05, 4.69) is 19.2 Å². The monoisotopic (exact) mass is 276 g/mol. The van der Waals surface area contributed by atoms with Gasteiger partial charge in [0.25, 0.3) is 0 Å². The molecule has 0 saturated carbocycles. The lowest BCUT2D eigenvalue weighted by Crippen LogP contribution is -2.49. The van der Waals surface area contributed by atoms with Gasteiger partial charge in [-0.2, -0.15) is 0 Å². The average molecular weight is 276 g/mol. The highest BCUT2D eigenvalue weighted by atomic mass is 16.5. The number of likely N-dealkylation sites (tertiary alicyclic amines) is 1. The summed E-state index contributed by atoms with van der Waals surface area (Å²) in [4.78, 5) is 13.9. The predicted molar refractivity (Wildman–Crippen MR) is 79.9 cm³/mol. The van der Waals surface area contributed by atoms with Crippen LogP contribution in [0.15, 0.2) is 30.3 Å². The summed E-state index contributed by atoms with van der Waals surface area (Å²) in [5.41, 5.74) is 0. The molecule has 0 aromatic heterocycles. The molecule has 1 heterocycles. The molecule has 1 aromatic rings. The van der Waals surface area contributed by atoms with E-state index in [4.69, 9.17) is 4.74 Å². The number of urea groups is 1. The fourth-order valence-corrected chi connectivity index (χ4v) is 2.31. The smallest absolute Gasteiger partial charge is 0.317 e. The Morgan fingerprint density at radius 1 is 1.40 bits per heavy atom. The van der Waals surface area contributed by atoms with Crippen LogP contribution in [0.25, 0.3) is 0 Å². The maximum Gasteiger partial charge on any atom is 0.317 e. The highest BCUT2D eigenvalue weighted by Gasteiger charge is 2.24. The van der Waals surface area contributed by atoms with Crippen molar-refractivity contribution in [2.75, 3.05) is 19.6 Å². The number of ether oxygens (including phenoxy) is 1. The van der Waals surface area contributed by atoms with E-state index < -0.39 is 0 Å². The van der Waals surface area contributed by atoms with Gasteiger partial charge in [0.05, 0.1) is 6.54 Å². The third-order valence-electron chi connectivity index (χ3n) is 3.37. The molecule has 0 aliphatic carbocycles. The van der Waals surface area contributed by atoms with E-state index in [1.807, 2.05) is 35.2 Å². The Balaban J connectivity index is 1.83. The van der Waals surface area contributed by atoms with Gasteiger partial charge >= 0.3 is 6.03 Å². The SMILES string of the molecule is CC(C)CNC(=O)N1CCCC(Oc2ccccc2)C1. The summed E-state index contributed by atoms with van der Waals surface area (Å²) >= 11 is 0. The molecule has 4 heteroatoms. The number of benzene rings is 1. The van der Waals surface area contributed by atoms with Crippen molar-refractivity contribution in [3.05, 3.63) is 30.3 Å². The second kappa shape index (κ2) is 7.17. The lowest BCUT2D eigenvalue weighted by Gasteiger charge is -2.33. The molecule has 1 saturated heterocycles. The summed E-state index contributed by atoms with van der Waals surface area (Å²) in [6.07, 6.45) is 2.09. The molecule has 0 spiro atoms. The van der Waals surface area contributed by atoms with E-state index in [9.17, 15) is 4.79 Å². The molecule has 1 fully saturated rings. The van der Waals surface area contributed by atoms with Crippen molar-refractivity contribution in [1.82, 2.24) is 10.2 Å². The fraction of sp³-hybridized carbons (Fsp3) is 0.562. The van der Waals surface area contributed by atoms with Crippen LogP contribution in [0.1, 0.15) is 26.7 Å². The van der Waals surface area contributed by atoms with E-state index in [0.717, 1.165) is 31.7 Å². The van der Waals surface area contributed by atoms with E-state index >= 15 is 0 Å². The maximum absolute atomic E-state index is 12.1. The van der Waals surface area contributed by atoms with Crippen LogP contribution in [-0.2, 0) is 0 Å². The first kappa shape index (κ1) is 14.7. The van der Waals surface area contributed by atoms with Crippen molar-refractivity contribution in [2.45, 2.75) is 32.8 Å². The van der Waals surface area contributed by atoms with Crippen LogP contribution in [0.3, 0.4) is 0 Å². The first-order chi connectivity index (χ1) is 9.65. The molecule has 1 aliphatic heterocycles. The molecule has 4 nitrogen and oxygen atoms in total. The highest BCUT2D eigenvalue weighted by Crippen LogP contribution is 2.18. The molecule has 0 radical (unpaired) electrons. The number of carbonyl (C=O) groups is 1. The second-order valence-electron chi connectivity index (χ2n) is 5.72. The molecule has 1 unspecified atom stereocenters. The van der Waals surface area contributed by atoms with Crippen molar-refractivity contribution < 1.29 is 9.53 Å². The average Bonchev–Trinajstić information content (AvgIpc) is 2.46. The first-order valence-electron chi connectivity index (χ1n) is 7.39. The number of rotatable bonds is 4. The van der Waals surface area contributed by atoms with E-state index in [-0.39, 0.29) is 12.1 Å². The third kappa shape index (κ3) is 4.44. The lowest BCUT2D eigenvalue weighted by molar-refractivity contribution is 0.101. The molecule has 20 heavy (non-hydrogen) atoms. The number of carbonyl (C=O) groups excluding carboxylic acids is 1. The van der Waals surface area contributed by atoms with E-state index in [0.29, 0.717) is 12.5 Å². The minimum Gasteiger partial charge on any atom is -0.489 e. The van der Waals surface area contributed by atoms with Gasteiger partial charge in [-0.05, 0) is 30.9 Å². The Bertz CT molecular complexity index is 420. The van der Waals surface area contributed by atoms with Gasteiger partial charge in [0.2, 0.25) is 0 Å². The fourth-order valence-electron chi connectivity index (χ4n) is 2.31. The Hall–Kier alpha value is -1.71. The Morgan fingerprint density at radius 2 is 2.15 bits per heavy atom. The topological polar surface area (TPSA) is 41.6 Å². The van der Waals surface area contributed by atoms with Crippen LogP contribution in [0.4, 0.5) is 4.79 Å². The minimum atomic E-state index is 0.0278.